The lowest BCUT2D eigenvalue weighted by atomic mass is 10.0. The maximum atomic E-state index is 12.0. The fraction of sp³-hybridized carbons (Fsp3) is 0.294. The molecule has 1 aromatic heterocycles. The molecule has 6 nitrogen and oxygen atoms in total. The number of benzene rings is 1. The van der Waals surface area contributed by atoms with Crippen LogP contribution in [-0.2, 0) is 21.8 Å². The van der Waals surface area contributed by atoms with Gasteiger partial charge in [-0.3, -0.25) is 0 Å². The number of esters is 1. The number of hydrogen-bond donors (Lipinski definition) is 0. The molecule has 24 heavy (non-hydrogen) atoms. The normalized spacial score (nSPS) is 13.0. The summed E-state index contributed by atoms with van der Waals surface area (Å²) in [6, 6.07) is 8.74. The van der Waals surface area contributed by atoms with Crippen LogP contribution in [0.5, 0.6) is 5.75 Å². The molecule has 0 N–H and O–H groups in total. The molecule has 0 fully saturated rings. The second kappa shape index (κ2) is 7.55. The molecule has 0 bridgehead atoms. The standard InChI is InChI=1S/C17H17NO5S/c1-2-22-17(19)12-7-13-9-21-11-23-16(13)14(8-12)10-24-15-5-3-4-6-18(15)20/h3-8H,2,9-11H2,1H3. The van der Waals surface area contributed by atoms with Gasteiger partial charge in [-0.1, -0.05) is 11.8 Å². The van der Waals surface area contributed by atoms with Gasteiger partial charge >= 0.3 is 5.97 Å². The number of carbonyl (C=O) groups excluding carboxylic acids is 1. The monoisotopic (exact) mass is 347 g/mol. The minimum absolute atomic E-state index is 0.177. The van der Waals surface area contributed by atoms with Gasteiger partial charge in [0.2, 0.25) is 0 Å². The van der Waals surface area contributed by atoms with E-state index in [2.05, 4.69) is 0 Å². The summed E-state index contributed by atoms with van der Waals surface area (Å²) in [5.41, 5.74) is 2.11. The molecule has 7 heteroatoms. The maximum Gasteiger partial charge on any atom is 0.338 e. The number of rotatable bonds is 5. The van der Waals surface area contributed by atoms with Crippen LogP contribution in [0.25, 0.3) is 0 Å². The number of fused-ring (bicyclic) bond motifs is 1. The van der Waals surface area contributed by atoms with Crippen LogP contribution in [0.3, 0.4) is 0 Å². The number of thioether (sulfide) groups is 1. The summed E-state index contributed by atoms with van der Waals surface area (Å²) in [5.74, 6) is 0.841. The van der Waals surface area contributed by atoms with E-state index in [1.165, 1.54) is 18.0 Å². The highest BCUT2D eigenvalue weighted by Gasteiger charge is 2.20. The number of nitrogens with zero attached hydrogens (tertiary/aromatic N) is 1. The van der Waals surface area contributed by atoms with Crippen molar-refractivity contribution in [3.63, 3.8) is 0 Å². The molecule has 126 valence electrons. The van der Waals surface area contributed by atoms with Gasteiger partial charge in [-0.05, 0) is 25.1 Å². The van der Waals surface area contributed by atoms with Crippen molar-refractivity contribution in [3.05, 3.63) is 58.4 Å². The van der Waals surface area contributed by atoms with Crippen molar-refractivity contribution < 1.29 is 23.7 Å². The average Bonchev–Trinajstić information content (AvgIpc) is 2.61. The van der Waals surface area contributed by atoms with Gasteiger partial charge in [0.25, 0.3) is 5.03 Å². The van der Waals surface area contributed by atoms with Gasteiger partial charge in [0.15, 0.2) is 13.0 Å². The lowest BCUT2D eigenvalue weighted by molar-refractivity contribution is -0.645. The van der Waals surface area contributed by atoms with Gasteiger partial charge in [0.1, 0.15) is 5.75 Å². The Morgan fingerprint density at radius 1 is 1.42 bits per heavy atom. The predicted octanol–water partition coefficient (Wildman–Crippen LogP) is 2.66. The first kappa shape index (κ1) is 16.6. The van der Waals surface area contributed by atoms with Crippen LogP contribution in [0.15, 0.2) is 41.6 Å². The SMILES string of the molecule is CCOC(=O)c1cc2c(c(CSc3cccc[n+]3[O-])c1)OCOC2. The lowest BCUT2D eigenvalue weighted by Crippen LogP contribution is -2.27. The molecule has 2 heterocycles. The molecule has 1 aliphatic rings. The Morgan fingerprint density at radius 2 is 2.29 bits per heavy atom. The Labute approximate surface area is 143 Å². The number of ether oxygens (including phenoxy) is 3. The van der Waals surface area contributed by atoms with Gasteiger partial charge in [0, 0.05) is 29.0 Å². The van der Waals surface area contributed by atoms with E-state index in [1.54, 1.807) is 31.2 Å². The summed E-state index contributed by atoms with van der Waals surface area (Å²) in [6.07, 6.45) is 1.46. The quantitative estimate of drug-likeness (QED) is 0.358. The Hall–Kier alpha value is -2.25. The highest BCUT2D eigenvalue weighted by molar-refractivity contribution is 7.98. The van der Waals surface area contributed by atoms with Crippen LogP contribution in [-0.4, -0.2) is 19.4 Å². The Bertz CT molecular complexity index is 750. The number of pyridine rings is 1. The Balaban J connectivity index is 1.88. The molecule has 0 saturated carbocycles. The molecule has 1 aliphatic heterocycles. The second-order valence-electron chi connectivity index (χ2n) is 5.11. The molecule has 0 radical (unpaired) electrons. The summed E-state index contributed by atoms with van der Waals surface area (Å²) < 4.78 is 16.8. The fourth-order valence-corrected chi connectivity index (χ4v) is 3.30. The summed E-state index contributed by atoms with van der Waals surface area (Å²) >= 11 is 1.38. The number of aromatic nitrogens is 1. The second-order valence-corrected chi connectivity index (χ2v) is 6.10. The molecule has 1 aromatic carbocycles. The van der Waals surface area contributed by atoms with Gasteiger partial charge in [-0.25, -0.2) is 4.79 Å². The van der Waals surface area contributed by atoms with E-state index >= 15 is 0 Å². The first-order chi connectivity index (χ1) is 11.7. The third-order valence-corrected chi connectivity index (χ3v) is 4.53. The minimum Gasteiger partial charge on any atom is -0.618 e. The molecule has 0 aliphatic carbocycles. The van der Waals surface area contributed by atoms with E-state index < -0.39 is 0 Å². The first-order valence-corrected chi connectivity index (χ1v) is 8.52. The highest BCUT2D eigenvalue weighted by Crippen LogP contribution is 2.33. The van der Waals surface area contributed by atoms with E-state index in [-0.39, 0.29) is 12.8 Å². The zero-order valence-electron chi connectivity index (χ0n) is 13.2. The van der Waals surface area contributed by atoms with E-state index in [0.717, 1.165) is 21.6 Å². The van der Waals surface area contributed by atoms with Crippen molar-refractivity contribution in [1.82, 2.24) is 0 Å². The third-order valence-electron chi connectivity index (χ3n) is 3.46. The van der Waals surface area contributed by atoms with E-state index in [4.69, 9.17) is 14.2 Å². The zero-order chi connectivity index (χ0) is 16.9. The summed E-state index contributed by atoms with van der Waals surface area (Å²) in [6.45, 7) is 2.64. The molecule has 0 unspecified atom stereocenters. The van der Waals surface area contributed by atoms with Crippen molar-refractivity contribution in [2.45, 2.75) is 24.3 Å². The molecular weight excluding hydrogens is 330 g/mol. The summed E-state index contributed by atoms with van der Waals surface area (Å²) in [4.78, 5) is 12.0. The molecule has 0 atom stereocenters. The van der Waals surface area contributed by atoms with Crippen molar-refractivity contribution in [3.8, 4) is 5.75 Å². The fourth-order valence-electron chi connectivity index (χ4n) is 2.41. The molecule has 0 saturated heterocycles. The molecule has 2 aromatic rings. The largest absolute Gasteiger partial charge is 0.618 e. The van der Waals surface area contributed by atoms with Gasteiger partial charge in [0.05, 0.1) is 18.8 Å². The predicted molar refractivity (Wildman–Crippen MR) is 87.6 cm³/mol. The Morgan fingerprint density at radius 3 is 3.08 bits per heavy atom. The van der Waals surface area contributed by atoms with Gasteiger partial charge in [-0.15, -0.1) is 0 Å². The minimum atomic E-state index is -0.379. The van der Waals surface area contributed by atoms with Crippen LogP contribution in [0.2, 0.25) is 0 Å². The van der Waals surface area contributed by atoms with E-state index in [0.29, 0.717) is 29.6 Å². The van der Waals surface area contributed by atoms with Crippen LogP contribution in [0, 0.1) is 5.21 Å². The van der Waals surface area contributed by atoms with Gasteiger partial charge < -0.3 is 19.4 Å². The number of carbonyl (C=O) groups is 1. The third kappa shape index (κ3) is 3.63. The topological polar surface area (TPSA) is 71.7 Å². The molecule has 0 spiro atoms. The first-order valence-electron chi connectivity index (χ1n) is 7.53. The van der Waals surface area contributed by atoms with Crippen LogP contribution >= 0.6 is 11.8 Å². The highest BCUT2D eigenvalue weighted by atomic mass is 32.2. The maximum absolute atomic E-state index is 12.0. The smallest absolute Gasteiger partial charge is 0.338 e. The summed E-state index contributed by atoms with van der Waals surface area (Å²) in [7, 11) is 0. The molecule has 3 rings (SSSR count). The van der Waals surface area contributed by atoms with Crippen molar-refractivity contribution in [2.75, 3.05) is 13.4 Å². The van der Waals surface area contributed by atoms with Crippen LogP contribution < -0.4 is 9.47 Å². The van der Waals surface area contributed by atoms with E-state index in [1.807, 2.05) is 6.07 Å². The van der Waals surface area contributed by atoms with E-state index in [9.17, 15) is 10.0 Å². The number of hydrogen-bond acceptors (Lipinski definition) is 6. The molecular formula is C17H17NO5S. The van der Waals surface area contributed by atoms with Crippen LogP contribution in [0.4, 0.5) is 0 Å². The lowest BCUT2D eigenvalue weighted by Gasteiger charge is -2.21. The van der Waals surface area contributed by atoms with Crippen molar-refractivity contribution >= 4 is 17.7 Å². The zero-order valence-corrected chi connectivity index (χ0v) is 14.0. The van der Waals surface area contributed by atoms with Gasteiger partial charge in [-0.2, -0.15) is 4.73 Å². The molecule has 0 amide bonds. The van der Waals surface area contributed by atoms with Crippen molar-refractivity contribution in [1.29, 1.82) is 0 Å². The van der Waals surface area contributed by atoms with Crippen molar-refractivity contribution in [2.24, 2.45) is 0 Å². The summed E-state index contributed by atoms with van der Waals surface area (Å²) in [5, 5.41) is 12.3. The average molecular weight is 347 g/mol. The Kier molecular flexibility index (Phi) is 5.22. The van der Waals surface area contributed by atoms with Crippen LogP contribution in [0.1, 0.15) is 28.4 Å².